The molecule has 0 aliphatic carbocycles. The Hall–Kier alpha value is -2.31. The highest BCUT2D eigenvalue weighted by atomic mass is 79.9. The van der Waals surface area contributed by atoms with Crippen LogP contribution in [0.2, 0.25) is 0 Å². The predicted molar refractivity (Wildman–Crippen MR) is 126 cm³/mol. The first-order valence-corrected chi connectivity index (χ1v) is 11.3. The van der Waals surface area contributed by atoms with Gasteiger partial charge in [-0.25, -0.2) is 5.43 Å². The van der Waals surface area contributed by atoms with Crippen LogP contribution >= 0.6 is 27.7 Å². The highest BCUT2D eigenvalue weighted by Crippen LogP contribution is 2.21. The number of hydrazone groups is 1. The van der Waals surface area contributed by atoms with Crippen molar-refractivity contribution in [3.8, 4) is 5.69 Å². The fraction of sp³-hybridized carbons (Fsp3) is 0.217. The largest absolute Gasteiger partial charge is 0.318 e. The van der Waals surface area contributed by atoms with Crippen molar-refractivity contribution in [3.63, 3.8) is 0 Å². The molecular weight excluding hydrogens is 446 g/mol. The molecule has 4 nitrogen and oxygen atoms in total. The number of amides is 1. The number of nitrogens with zero attached hydrogens (tertiary/aromatic N) is 2. The number of hydrogen-bond acceptors (Lipinski definition) is 3. The second-order valence-corrected chi connectivity index (χ2v) is 8.75. The molecule has 0 unspecified atom stereocenters. The predicted octanol–water partition coefficient (Wildman–Crippen LogP) is 5.55. The summed E-state index contributed by atoms with van der Waals surface area (Å²) in [6, 6.07) is 18.5. The van der Waals surface area contributed by atoms with Gasteiger partial charge in [-0.3, -0.25) is 4.79 Å². The molecule has 1 aromatic heterocycles. The number of aryl methyl sites for hydroxylation is 2. The van der Waals surface area contributed by atoms with Crippen LogP contribution in [-0.4, -0.2) is 22.4 Å². The smallest absolute Gasteiger partial charge is 0.250 e. The Morgan fingerprint density at radius 2 is 1.86 bits per heavy atom. The number of aromatic nitrogens is 1. The number of carbonyl (C=O) groups excluding carboxylic acids is 1. The van der Waals surface area contributed by atoms with E-state index in [9.17, 15) is 4.79 Å². The Labute approximate surface area is 184 Å². The second-order valence-electron chi connectivity index (χ2n) is 6.85. The molecule has 0 spiro atoms. The number of halogens is 1. The van der Waals surface area contributed by atoms with Crippen molar-refractivity contribution in [2.45, 2.75) is 26.5 Å². The van der Waals surface area contributed by atoms with E-state index in [-0.39, 0.29) is 5.91 Å². The molecule has 0 bridgehead atoms. The molecule has 0 radical (unpaired) electrons. The lowest BCUT2D eigenvalue weighted by Gasteiger charge is -2.09. The maximum Gasteiger partial charge on any atom is 0.250 e. The molecule has 0 saturated carbocycles. The highest BCUT2D eigenvalue weighted by molar-refractivity contribution is 9.10. The summed E-state index contributed by atoms with van der Waals surface area (Å²) in [4.78, 5) is 12.1. The normalized spacial score (nSPS) is 11.2. The highest BCUT2D eigenvalue weighted by Gasteiger charge is 2.09. The summed E-state index contributed by atoms with van der Waals surface area (Å²) in [6.07, 6.45) is 1.71. The average molecular weight is 470 g/mol. The molecule has 3 aromatic rings. The van der Waals surface area contributed by atoms with Crippen molar-refractivity contribution in [2.24, 2.45) is 5.10 Å². The minimum Gasteiger partial charge on any atom is -0.318 e. The molecule has 1 N–H and O–H groups in total. The summed E-state index contributed by atoms with van der Waals surface area (Å²) < 4.78 is 3.22. The third kappa shape index (κ3) is 5.61. The number of benzene rings is 2. The van der Waals surface area contributed by atoms with Crippen LogP contribution < -0.4 is 5.43 Å². The summed E-state index contributed by atoms with van der Waals surface area (Å²) in [7, 11) is 0. The van der Waals surface area contributed by atoms with Crippen molar-refractivity contribution >= 4 is 39.8 Å². The molecule has 2 aromatic carbocycles. The van der Waals surface area contributed by atoms with Gasteiger partial charge in [0.2, 0.25) is 5.91 Å². The molecular formula is C23H24BrN3OS. The van der Waals surface area contributed by atoms with Gasteiger partial charge in [-0.2, -0.15) is 5.10 Å². The van der Waals surface area contributed by atoms with E-state index in [1.54, 1.807) is 18.0 Å². The second kappa shape index (κ2) is 9.94. The van der Waals surface area contributed by atoms with E-state index in [4.69, 9.17) is 0 Å². The number of hydrogen-bond donors (Lipinski definition) is 1. The average Bonchev–Trinajstić information content (AvgIpc) is 2.98. The van der Waals surface area contributed by atoms with Gasteiger partial charge in [0, 0.05) is 32.9 Å². The number of carbonyl (C=O) groups is 1. The van der Waals surface area contributed by atoms with Crippen LogP contribution in [-0.2, 0) is 10.5 Å². The van der Waals surface area contributed by atoms with Crippen LogP contribution in [0.25, 0.3) is 5.69 Å². The Bertz CT molecular complexity index is 1030. The van der Waals surface area contributed by atoms with Gasteiger partial charge in [-0.15, -0.1) is 11.8 Å². The summed E-state index contributed by atoms with van der Waals surface area (Å²) in [6.45, 7) is 6.20. The van der Waals surface area contributed by atoms with E-state index in [2.05, 4.69) is 82.1 Å². The fourth-order valence-electron chi connectivity index (χ4n) is 3.14. The zero-order valence-corrected chi connectivity index (χ0v) is 19.2. The van der Waals surface area contributed by atoms with E-state index >= 15 is 0 Å². The monoisotopic (exact) mass is 469 g/mol. The topological polar surface area (TPSA) is 46.4 Å². The number of thioether (sulfide) groups is 1. The van der Waals surface area contributed by atoms with Crippen molar-refractivity contribution < 1.29 is 4.79 Å². The van der Waals surface area contributed by atoms with Gasteiger partial charge in [0.05, 0.1) is 12.0 Å². The van der Waals surface area contributed by atoms with Crippen LogP contribution in [0.15, 0.2) is 64.2 Å². The van der Waals surface area contributed by atoms with Gasteiger partial charge in [-0.1, -0.05) is 40.2 Å². The van der Waals surface area contributed by atoms with Gasteiger partial charge in [0.25, 0.3) is 0 Å². The van der Waals surface area contributed by atoms with Crippen LogP contribution in [0.3, 0.4) is 0 Å². The lowest BCUT2D eigenvalue weighted by molar-refractivity contribution is -0.118. The summed E-state index contributed by atoms with van der Waals surface area (Å²) in [5.74, 6) is 1.10. The van der Waals surface area contributed by atoms with Crippen LogP contribution in [0.4, 0.5) is 0 Å². The Morgan fingerprint density at radius 1 is 1.14 bits per heavy atom. The van der Waals surface area contributed by atoms with E-state index in [1.165, 1.54) is 11.1 Å². The first kappa shape index (κ1) is 21.4. The molecule has 0 atom stereocenters. The number of nitrogens with one attached hydrogen (secondary N) is 1. The van der Waals surface area contributed by atoms with Crippen molar-refractivity contribution in [2.75, 3.05) is 5.75 Å². The zero-order valence-electron chi connectivity index (χ0n) is 16.8. The summed E-state index contributed by atoms with van der Waals surface area (Å²) in [5.41, 5.74) is 9.42. The van der Waals surface area contributed by atoms with Crippen LogP contribution in [0, 0.1) is 20.8 Å². The van der Waals surface area contributed by atoms with Crippen molar-refractivity contribution in [1.29, 1.82) is 0 Å². The van der Waals surface area contributed by atoms with Gasteiger partial charge >= 0.3 is 0 Å². The molecule has 0 aliphatic rings. The van der Waals surface area contributed by atoms with E-state index in [0.29, 0.717) is 5.75 Å². The Morgan fingerprint density at radius 3 is 2.59 bits per heavy atom. The summed E-state index contributed by atoms with van der Waals surface area (Å²) >= 11 is 5.06. The molecule has 150 valence electrons. The Kier molecular flexibility index (Phi) is 7.34. The van der Waals surface area contributed by atoms with Gasteiger partial charge in [0.1, 0.15) is 0 Å². The minimum atomic E-state index is -0.0958. The fourth-order valence-corrected chi connectivity index (χ4v) is 4.30. The maximum atomic E-state index is 12.1. The Balaban J connectivity index is 1.56. The number of rotatable bonds is 7. The molecule has 0 fully saturated rings. The quantitative estimate of drug-likeness (QED) is 0.364. The standard InChI is InChI=1S/C23H24BrN3OS/c1-16-6-4-5-7-19(16)14-29-15-23(28)26-25-13-20-12-17(2)27(18(20)3)22-10-8-21(24)9-11-22/h4-13H,14-15H2,1-3H3,(H,26,28)/b25-13+. The molecule has 1 heterocycles. The van der Waals surface area contributed by atoms with E-state index in [1.807, 2.05) is 24.3 Å². The maximum absolute atomic E-state index is 12.1. The molecule has 0 saturated heterocycles. The molecule has 29 heavy (non-hydrogen) atoms. The molecule has 0 aliphatic heterocycles. The van der Waals surface area contributed by atoms with Crippen molar-refractivity contribution in [3.05, 3.63) is 87.1 Å². The summed E-state index contributed by atoms with van der Waals surface area (Å²) in [5, 5.41) is 4.15. The van der Waals surface area contributed by atoms with Gasteiger partial charge in [-0.05, 0) is 62.2 Å². The lowest BCUT2D eigenvalue weighted by Crippen LogP contribution is -2.19. The van der Waals surface area contributed by atoms with E-state index < -0.39 is 0 Å². The zero-order chi connectivity index (χ0) is 20.8. The lowest BCUT2D eigenvalue weighted by atomic mass is 10.1. The minimum absolute atomic E-state index is 0.0958. The molecule has 6 heteroatoms. The third-order valence-electron chi connectivity index (χ3n) is 4.70. The first-order valence-electron chi connectivity index (χ1n) is 9.34. The van der Waals surface area contributed by atoms with Crippen LogP contribution in [0.1, 0.15) is 28.1 Å². The van der Waals surface area contributed by atoms with Crippen molar-refractivity contribution in [1.82, 2.24) is 9.99 Å². The van der Waals surface area contributed by atoms with E-state index in [0.717, 1.165) is 32.9 Å². The first-order chi connectivity index (χ1) is 14.0. The molecule has 3 rings (SSSR count). The van der Waals surface area contributed by atoms with Gasteiger partial charge in [0.15, 0.2) is 0 Å². The molecule has 1 amide bonds. The third-order valence-corrected chi connectivity index (χ3v) is 6.21. The van der Waals surface area contributed by atoms with Crippen LogP contribution in [0.5, 0.6) is 0 Å². The SMILES string of the molecule is Cc1ccccc1CSCC(=O)N/N=C/c1cc(C)n(-c2ccc(Br)cc2)c1C. The van der Waals surface area contributed by atoms with Gasteiger partial charge < -0.3 is 4.57 Å².